The van der Waals surface area contributed by atoms with Gasteiger partial charge in [-0.1, -0.05) is 32.3 Å². The number of alkyl halides is 3. The molecule has 0 N–H and O–H groups in total. The van der Waals surface area contributed by atoms with Gasteiger partial charge in [0.15, 0.2) is 6.29 Å². The van der Waals surface area contributed by atoms with Crippen molar-refractivity contribution < 1.29 is 41.3 Å². The van der Waals surface area contributed by atoms with Crippen molar-refractivity contribution >= 4 is 5.97 Å². The van der Waals surface area contributed by atoms with E-state index in [2.05, 4.69) is 11.7 Å². The van der Waals surface area contributed by atoms with Gasteiger partial charge in [0.2, 0.25) is 0 Å². The Bertz CT molecular complexity index is 1020. The molecule has 9 heteroatoms. The molecule has 0 atom stereocenters. The summed E-state index contributed by atoms with van der Waals surface area (Å²) in [6, 6.07) is 8.52. The van der Waals surface area contributed by atoms with E-state index in [1.165, 1.54) is 44.2 Å². The van der Waals surface area contributed by atoms with E-state index in [1.807, 2.05) is 0 Å². The molecule has 0 amide bonds. The predicted molar refractivity (Wildman–Crippen MR) is 128 cm³/mol. The van der Waals surface area contributed by atoms with Gasteiger partial charge in [-0.05, 0) is 73.1 Å². The van der Waals surface area contributed by atoms with Gasteiger partial charge in [-0.15, -0.1) is 13.2 Å². The molecule has 2 fully saturated rings. The van der Waals surface area contributed by atoms with Gasteiger partial charge in [-0.3, -0.25) is 0 Å². The molecule has 1 aliphatic carbocycles. The quantitative estimate of drug-likeness (QED) is 0.210. The fraction of sp³-hybridized carbons (Fsp3) is 0.536. The summed E-state index contributed by atoms with van der Waals surface area (Å²) in [6.07, 6.45) is 2.26. The number of hydrogen-bond acceptors (Lipinski definition) is 5. The number of rotatable bonds is 8. The number of carbonyl (C=O) groups is 1. The van der Waals surface area contributed by atoms with Crippen LogP contribution in [0.25, 0.3) is 0 Å². The average Bonchev–Trinajstić information content (AvgIpc) is 2.88. The van der Waals surface area contributed by atoms with Crippen LogP contribution in [0.5, 0.6) is 11.5 Å². The van der Waals surface area contributed by atoms with Crippen LogP contribution in [-0.2, 0) is 15.9 Å². The average molecular weight is 525 g/mol. The molecule has 0 unspecified atom stereocenters. The molecule has 0 spiro atoms. The second-order valence-electron chi connectivity index (χ2n) is 9.81. The molecule has 5 nitrogen and oxygen atoms in total. The zero-order valence-corrected chi connectivity index (χ0v) is 20.8. The summed E-state index contributed by atoms with van der Waals surface area (Å²) in [5, 5.41) is 0. The molecular formula is C28H32F4O5. The van der Waals surface area contributed by atoms with Gasteiger partial charge in [0.1, 0.15) is 17.3 Å². The van der Waals surface area contributed by atoms with Gasteiger partial charge < -0.3 is 18.9 Å². The summed E-state index contributed by atoms with van der Waals surface area (Å²) in [5.41, 5.74) is 0.417. The second-order valence-corrected chi connectivity index (χ2v) is 9.81. The molecule has 2 aliphatic rings. The van der Waals surface area contributed by atoms with Crippen LogP contribution in [0.4, 0.5) is 17.6 Å². The van der Waals surface area contributed by atoms with Crippen molar-refractivity contribution in [2.45, 2.75) is 64.5 Å². The van der Waals surface area contributed by atoms with Gasteiger partial charge in [0.25, 0.3) is 0 Å². The molecule has 1 saturated carbocycles. The minimum Gasteiger partial charge on any atom is -0.423 e. The van der Waals surface area contributed by atoms with Crippen molar-refractivity contribution in [3.8, 4) is 11.5 Å². The first-order valence-corrected chi connectivity index (χ1v) is 12.8. The Morgan fingerprint density at radius 3 is 2.19 bits per heavy atom. The number of hydrogen-bond donors (Lipinski definition) is 0. The zero-order chi connectivity index (χ0) is 26.4. The highest BCUT2D eigenvalue weighted by Crippen LogP contribution is 2.36. The molecule has 202 valence electrons. The Morgan fingerprint density at radius 1 is 0.946 bits per heavy atom. The van der Waals surface area contributed by atoms with Crippen LogP contribution < -0.4 is 9.47 Å². The Balaban J connectivity index is 1.22. The van der Waals surface area contributed by atoms with Crippen molar-refractivity contribution in [1.29, 1.82) is 0 Å². The Morgan fingerprint density at radius 2 is 1.59 bits per heavy atom. The minimum absolute atomic E-state index is 0.0358. The third kappa shape index (κ3) is 7.92. The van der Waals surface area contributed by atoms with Crippen LogP contribution in [0.1, 0.15) is 61.4 Å². The first-order chi connectivity index (χ1) is 17.7. The number of esters is 1. The van der Waals surface area contributed by atoms with Crippen LogP contribution in [0.3, 0.4) is 0 Å². The predicted octanol–water partition coefficient (Wildman–Crippen LogP) is 7.08. The summed E-state index contributed by atoms with van der Waals surface area (Å²) in [7, 11) is 0. The molecule has 2 aromatic carbocycles. The summed E-state index contributed by atoms with van der Waals surface area (Å²) in [4.78, 5) is 12.3. The maximum absolute atomic E-state index is 14.6. The molecule has 37 heavy (non-hydrogen) atoms. The van der Waals surface area contributed by atoms with E-state index in [9.17, 15) is 22.4 Å². The largest absolute Gasteiger partial charge is 0.573 e. The molecule has 0 aromatic heterocycles. The molecular weight excluding hydrogens is 492 g/mol. The first kappa shape index (κ1) is 27.4. The van der Waals surface area contributed by atoms with Gasteiger partial charge in [0, 0.05) is 12.3 Å². The van der Waals surface area contributed by atoms with E-state index < -0.39 is 23.9 Å². The monoisotopic (exact) mass is 524 g/mol. The van der Waals surface area contributed by atoms with Crippen molar-refractivity contribution in [3.05, 3.63) is 59.4 Å². The van der Waals surface area contributed by atoms with Crippen LogP contribution in [0.15, 0.2) is 42.5 Å². The fourth-order valence-electron chi connectivity index (χ4n) is 5.10. The van der Waals surface area contributed by atoms with E-state index in [-0.39, 0.29) is 17.6 Å². The zero-order valence-electron chi connectivity index (χ0n) is 20.8. The summed E-state index contributed by atoms with van der Waals surface area (Å²) in [6.45, 7) is 3.64. The van der Waals surface area contributed by atoms with Crippen LogP contribution in [0, 0.1) is 23.6 Å². The maximum atomic E-state index is 14.6. The summed E-state index contributed by atoms with van der Waals surface area (Å²) >= 11 is 0. The van der Waals surface area contributed by atoms with E-state index in [0.29, 0.717) is 43.5 Å². The van der Waals surface area contributed by atoms with Gasteiger partial charge in [-0.25, -0.2) is 9.18 Å². The molecule has 1 heterocycles. The number of ether oxygens (including phenoxy) is 4. The molecule has 1 aliphatic heterocycles. The lowest BCUT2D eigenvalue weighted by atomic mass is 9.75. The highest BCUT2D eigenvalue weighted by atomic mass is 19.4. The smallest absolute Gasteiger partial charge is 0.423 e. The number of aryl methyl sites for hydroxylation is 1. The van der Waals surface area contributed by atoms with Crippen LogP contribution >= 0.6 is 0 Å². The standard InChI is InChI=1S/C28H32F4O5/c1-2-18-3-7-20(8-4-18)21-16-34-26(35-17-21)14-6-19-5-13-24(25(29)15-19)27(33)36-22-9-11-23(12-10-22)37-28(30,31)32/h5,9-13,15,18,20-21,26H,2-4,6-8,14,16-17H2,1H3. The first-order valence-electron chi connectivity index (χ1n) is 12.8. The Kier molecular flexibility index (Phi) is 9.08. The molecule has 1 saturated heterocycles. The molecule has 0 bridgehead atoms. The van der Waals surface area contributed by atoms with Crippen LogP contribution in [-0.4, -0.2) is 31.8 Å². The third-order valence-corrected chi connectivity index (χ3v) is 7.32. The van der Waals surface area contributed by atoms with Gasteiger partial charge in [0.05, 0.1) is 18.8 Å². The lowest BCUT2D eigenvalue weighted by Crippen LogP contribution is -2.37. The summed E-state index contributed by atoms with van der Waals surface area (Å²) < 4.78 is 72.1. The molecule has 2 aromatic rings. The SMILES string of the molecule is CCC1CCC(C2COC(CCc3ccc(C(=O)Oc4ccc(OC(F)(F)F)cc4)c(F)c3)OC2)CC1. The minimum atomic E-state index is -4.83. The second kappa shape index (κ2) is 12.3. The number of halogens is 4. The molecule has 4 rings (SSSR count). The highest BCUT2D eigenvalue weighted by Gasteiger charge is 2.32. The number of benzene rings is 2. The lowest BCUT2D eigenvalue weighted by molar-refractivity contribution is -0.274. The lowest BCUT2D eigenvalue weighted by Gasteiger charge is -2.37. The van der Waals surface area contributed by atoms with Crippen molar-refractivity contribution in [2.75, 3.05) is 13.2 Å². The molecule has 0 radical (unpaired) electrons. The Hall–Kier alpha value is -2.65. The van der Waals surface area contributed by atoms with E-state index in [1.54, 1.807) is 6.07 Å². The topological polar surface area (TPSA) is 54.0 Å². The van der Waals surface area contributed by atoms with Gasteiger partial charge in [-0.2, -0.15) is 0 Å². The summed E-state index contributed by atoms with van der Waals surface area (Å²) in [5.74, 6) is -0.230. The van der Waals surface area contributed by atoms with E-state index >= 15 is 0 Å². The Labute approximate surface area is 214 Å². The van der Waals surface area contributed by atoms with Crippen LogP contribution in [0.2, 0.25) is 0 Å². The van der Waals surface area contributed by atoms with Crippen molar-refractivity contribution in [3.63, 3.8) is 0 Å². The normalized spacial score (nSPS) is 24.5. The fourth-order valence-corrected chi connectivity index (χ4v) is 5.10. The third-order valence-electron chi connectivity index (χ3n) is 7.32. The maximum Gasteiger partial charge on any atom is 0.573 e. The van der Waals surface area contributed by atoms with E-state index in [0.717, 1.165) is 30.2 Å². The van der Waals surface area contributed by atoms with Gasteiger partial charge >= 0.3 is 12.3 Å². The van der Waals surface area contributed by atoms with E-state index in [4.69, 9.17) is 14.2 Å². The number of carbonyl (C=O) groups excluding carboxylic acids is 1. The highest BCUT2D eigenvalue weighted by molar-refractivity contribution is 5.91. The van der Waals surface area contributed by atoms with Crippen molar-refractivity contribution in [2.24, 2.45) is 17.8 Å². The van der Waals surface area contributed by atoms with Crippen molar-refractivity contribution in [1.82, 2.24) is 0 Å².